The Morgan fingerprint density at radius 2 is 1.09 bits per heavy atom. The lowest BCUT2D eigenvalue weighted by molar-refractivity contribution is 0.746. The summed E-state index contributed by atoms with van der Waals surface area (Å²) in [6.45, 7) is 12.8. The minimum absolute atomic E-state index is 0.450. The van der Waals surface area contributed by atoms with E-state index in [1.807, 2.05) is 22.7 Å². The number of benzene rings is 3. The molecule has 0 fully saturated rings. The molecule has 4 aliphatic rings. The van der Waals surface area contributed by atoms with Gasteiger partial charge in [0.25, 0.3) is 0 Å². The predicted octanol–water partition coefficient (Wildman–Crippen LogP) is 13.2. The van der Waals surface area contributed by atoms with E-state index in [2.05, 4.69) is 159 Å². The molecular weight excluding hydrogens is 649 g/mol. The van der Waals surface area contributed by atoms with Crippen molar-refractivity contribution in [2.24, 2.45) is 11.8 Å². The third-order valence-corrected chi connectivity index (χ3v) is 21.4. The smallest absolute Gasteiger partial charge is 0.0648 e. The van der Waals surface area contributed by atoms with Gasteiger partial charge in [-0.2, -0.15) is 0 Å². The van der Waals surface area contributed by atoms with Crippen molar-refractivity contribution in [1.29, 1.82) is 0 Å². The molecular formula is C41H38S4Si. The van der Waals surface area contributed by atoms with Gasteiger partial charge in [-0.25, -0.2) is 0 Å². The maximum Gasteiger partial charge on any atom is 0.0648 e. The molecule has 230 valence electrons. The van der Waals surface area contributed by atoms with E-state index in [4.69, 9.17) is 0 Å². The van der Waals surface area contributed by atoms with Gasteiger partial charge in [0.1, 0.15) is 0 Å². The molecule has 6 atom stereocenters. The van der Waals surface area contributed by atoms with Crippen LogP contribution in [0.4, 0.5) is 0 Å². The van der Waals surface area contributed by atoms with E-state index in [-0.39, 0.29) is 0 Å². The quantitative estimate of drug-likeness (QED) is 0.133. The number of rotatable bonds is 5. The Labute approximate surface area is 290 Å². The first kappa shape index (κ1) is 29.6. The first-order valence-corrected chi connectivity index (χ1v) is 23.1. The fraction of sp³-hybridized carbons (Fsp3) is 0.268. The van der Waals surface area contributed by atoms with Gasteiger partial charge in [0.15, 0.2) is 0 Å². The van der Waals surface area contributed by atoms with Gasteiger partial charge in [-0.1, -0.05) is 103 Å². The summed E-state index contributed by atoms with van der Waals surface area (Å²) in [5.74, 6) is 0.978. The molecule has 5 aromatic rings. The van der Waals surface area contributed by atoms with E-state index in [0.29, 0.717) is 33.4 Å². The monoisotopic (exact) mass is 686 g/mol. The van der Waals surface area contributed by atoms with Gasteiger partial charge in [0.05, 0.1) is 8.07 Å². The molecule has 0 amide bonds. The third kappa shape index (κ3) is 4.31. The van der Waals surface area contributed by atoms with Gasteiger partial charge in [0.2, 0.25) is 0 Å². The van der Waals surface area contributed by atoms with Crippen molar-refractivity contribution in [3.05, 3.63) is 135 Å². The van der Waals surface area contributed by atoms with E-state index >= 15 is 0 Å². The number of hydrogen-bond acceptors (Lipinski definition) is 4. The van der Waals surface area contributed by atoms with Crippen molar-refractivity contribution in [3.8, 4) is 0 Å². The van der Waals surface area contributed by atoms with E-state index in [1.54, 1.807) is 22.3 Å². The van der Waals surface area contributed by atoms with Crippen LogP contribution in [-0.4, -0.2) is 18.6 Å². The largest absolute Gasteiger partial charge is 0.143 e. The molecule has 5 heteroatoms. The molecule has 2 aliphatic heterocycles. The average Bonchev–Trinajstić information content (AvgIpc) is 3.88. The molecule has 9 rings (SSSR count). The zero-order chi connectivity index (χ0) is 31.3. The molecule has 2 aliphatic carbocycles. The molecule has 0 saturated carbocycles. The first-order chi connectivity index (χ1) is 22.3. The number of thioether (sulfide) groups is 2. The molecule has 0 nitrogen and oxygen atoms in total. The molecule has 4 heterocycles. The second-order valence-corrected chi connectivity index (χ2v) is 23.5. The molecule has 0 spiro atoms. The van der Waals surface area contributed by atoms with Crippen LogP contribution < -0.4 is 0 Å². The first-order valence-electron chi connectivity index (χ1n) is 16.5. The second kappa shape index (κ2) is 11.0. The lowest BCUT2D eigenvalue weighted by Crippen LogP contribution is -2.45. The molecule has 0 radical (unpaired) electrons. The Morgan fingerprint density at radius 1 is 0.565 bits per heavy atom. The highest BCUT2D eigenvalue weighted by Crippen LogP contribution is 2.68. The van der Waals surface area contributed by atoms with Crippen LogP contribution in [0.1, 0.15) is 37.5 Å². The lowest BCUT2D eigenvalue weighted by atomic mass is 9.90. The van der Waals surface area contributed by atoms with Crippen LogP contribution in [-0.2, 0) is 0 Å². The summed E-state index contributed by atoms with van der Waals surface area (Å²) in [5.41, 5.74) is 12.1. The highest BCUT2D eigenvalue weighted by molar-refractivity contribution is 8.09. The van der Waals surface area contributed by atoms with Crippen LogP contribution in [0, 0.1) is 11.8 Å². The minimum atomic E-state index is -1.86. The molecule has 2 aromatic heterocycles. The number of hydrogen-bond donors (Lipinski definition) is 0. The summed E-state index contributed by atoms with van der Waals surface area (Å²) in [6, 6.07) is 29.3. The van der Waals surface area contributed by atoms with E-state index < -0.39 is 8.07 Å². The molecule has 0 N–H and O–H groups in total. The summed E-state index contributed by atoms with van der Waals surface area (Å²) in [4.78, 5) is 3.07. The van der Waals surface area contributed by atoms with Crippen LogP contribution in [0.5, 0.6) is 0 Å². The van der Waals surface area contributed by atoms with Gasteiger partial charge in [0, 0.05) is 58.4 Å². The topological polar surface area (TPSA) is 0 Å². The molecule has 46 heavy (non-hydrogen) atoms. The van der Waals surface area contributed by atoms with Crippen LogP contribution in [0.2, 0.25) is 24.2 Å². The van der Waals surface area contributed by atoms with Gasteiger partial charge in [-0.15, -0.1) is 46.2 Å². The Hall–Kier alpha value is -2.54. The van der Waals surface area contributed by atoms with E-state index in [1.165, 1.54) is 46.7 Å². The second-order valence-electron chi connectivity index (χ2n) is 14.2. The highest BCUT2D eigenvalue weighted by Gasteiger charge is 2.58. The van der Waals surface area contributed by atoms with Crippen molar-refractivity contribution in [1.82, 2.24) is 0 Å². The fourth-order valence-corrected chi connectivity index (χ4v) is 22.3. The van der Waals surface area contributed by atoms with Crippen LogP contribution >= 0.6 is 46.2 Å². The predicted molar refractivity (Wildman–Crippen MR) is 212 cm³/mol. The van der Waals surface area contributed by atoms with Crippen molar-refractivity contribution >= 4 is 90.5 Å². The Morgan fingerprint density at radius 3 is 1.74 bits per heavy atom. The van der Waals surface area contributed by atoms with Crippen LogP contribution in [0.25, 0.3) is 36.2 Å². The zero-order valence-corrected chi connectivity index (χ0v) is 31.2. The molecule has 3 aromatic carbocycles. The van der Waals surface area contributed by atoms with Crippen molar-refractivity contribution in [3.63, 3.8) is 0 Å². The molecule has 0 saturated heterocycles. The number of allylic oxidation sites excluding steroid dienone is 7. The van der Waals surface area contributed by atoms with Crippen molar-refractivity contribution in [2.75, 3.05) is 0 Å². The summed E-state index contributed by atoms with van der Waals surface area (Å²) in [6.07, 6.45) is 5.39. The number of fused-ring (bicyclic) bond motifs is 4. The van der Waals surface area contributed by atoms with Gasteiger partial charge in [-0.3, -0.25) is 0 Å². The van der Waals surface area contributed by atoms with Crippen LogP contribution in [0.15, 0.2) is 118 Å². The van der Waals surface area contributed by atoms with Gasteiger partial charge in [-0.05, 0) is 76.5 Å². The van der Waals surface area contributed by atoms with Crippen LogP contribution in [0.3, 0.4) is 0 Å². The van der Waals surface area contributed by atoms with E-state index in [0.717, 1.165) is 0 Å². The highest BCUT2D eigenvalue weighted by atomic mass is 32.2. The molecule has 6 unspecified atom stereocenters. The normalized spacial score (nSPS) is 27.6. The Balaban J connectivity index is 1.13. The summed E-state index contributed by atoms with van der Waals surface area (Å²) in [5, 5.41) is 8.92. The van der Waals surface area contributed by atoms with Crippen molar-refractivity contribution < 1.29 is 0 Å². The minimum Gasteiger partial charge on any atom is -0.143 e. The lowest BCUT2D eigenvalue weighted by Gasteiger charge is -2.43. The third-order valence-electron chi connectivity index (χ3n) is 11.3. The maximum atomic E-state index is 2.75. The standard InChI is InChI=1S/C41H38S4Si/c1-23-19-29-35(26-13-7-6-8-14-26)25(3)44-38(29)40(23)46(4,5)41-24(2)20-30-36(31-21-42-33-17-11-9-15-27(31)33)37(45-39(30)41)32-22-43-34-18-12-10-16-28(32)34/h6-22,29-30,38-41H,1-5H3. The average molecular weight is 687 g/mol. The van der Waals surface area contributed by atoms with Gasteiger partial charge < -0.3 is 0 Å². The number of thiophene rings is 2. The van der Waals surface area contributed by atoms with E-state index in [9.17, 15) is 0 Å². The summed E-state index contributed by atoms with van der Waals surface area (Å²) in [7, 11) is -1.86. The Kier molecular flexibility index (Phi) is 7.07. The fourth-order valence-electron chi connectivity index (χ4n) is 9.61. The van der Waals surface area contributed by atoms with Gasteiger partial charge >= 0.3 is 0 Å². The Bertz CT molecular complexity index is 2160. The van der Waals surface area contributed by atoms with Crippen molar-refractivity contribution in [2.45, 2.75) is 55.4 Å². The maximum absolute atomic E-state index is 2.75. The molecule has 0 bridgehead atoms. The summed E-state index contributed by atoms with van der Waals surface area (Å²) >= 11 is 8.23. The zero-order valence-electron chi connectivity index (χ0n) is 26.9. The SMILES string of the molecule is CC1=CC2C(c3ccccc3)=C(C)SC2C1[Si](C)(C)C1C(C)=CC2C(c3csc4ccccc34)=C(c3csc4ccccc34)SC21. The summed E-state index contributed by atoms with van der Waals surface area (Å²) < 4.78 is 2.79.